The third kappa shape index (κ3) is 1.05. The van der Waals surface area contributed by atoms with Crippen molar-refractivity contribution in [1.82, 2.24) is 0 Å². The van der Waals surface area contributed by atoms with Crippen LogP contribution in [0.3, 0.4) is 0 Å². The lowest BCUT2D eigenvalue weighted by Crippen LogP contribution is -2.49. The molecule has 4 aliphatic rings. The van der Waals surface area contributed by atoms with Gasteiger partial charge in [0.05, 0.1) is 11.8 Å². The molecular weight excluding hydrogens is 240 g/mol. The molecule has 1 fully saturated rings. The van der Waals surface area contributed by atoms with Crippen molar-refractivity contribution in [2.24, 2.45) is 11.8 Å². The maximum Gasteiger partial charge on any atom is 0.318 e. The van der Waals surface area contributed by atoms with Gasteiger partial charge in [0.15, 0.2) is 0 Å². The van der Waals surface area contributed by atoms with Gasteiger partial charge in [-0.1, -0.05) is 42.8 Å². The third-order valence-corrected chi connectivity index (χ3v) is 5.22. The zero-order chi connectivity index (χ0) is 13.4. The minimum absolute atomic E-state index is 0.0121. The van der Waals surface area contributed by atoms with Crippen LogP contribution in [0.4, 0.5) is 0 Å². The summed E-state index contributed by atoms with van der Waals surface area (Å²) in [5, 5.41) is 0. The molecule has 96 valence electrons. The van der Waals surface area contributed by atoms with Gasteiger partial charge in [-0.25, -0.2) is 0 Å². The lowest BCUT2D eigenvalue weighted by atomic mass is 9.50. The Bertz CT molecular complexity index is 658. The number of carbonyl (C=O) groups is 2. The van der Waals surface area contributed by atoms with Crippen molar-refractivity contribution < 1.29 is 14.3 Å². The van der Waals surface area contributed by atoms with E-state index in [1.54, 1.807) is 0 Å². The number of carbonyl (C=O) groups excluding carboxylic acids is 2. The second-order valence-electron chi connectivity index (χ2n) is 5.91. The summed E-state index contributed by atoms with van der Waals surface area (Å²) < 4.78 is 4.92. The topological polar surface area (TPSA) is 43.4 Å². The van der Waals surface area contributed by atoms with Gasteiger partial charge in [0.25, 0.3) is 0 Å². The minimum atomic E-state index is -0.404. The highest BCUT2D eigenvalue weighted by molar-refractivity contribution is 6.00. The first-order chi connectivity index (χ1) is 9.05. The molecule has 0 unspecified atom stereocenters. The Morgan fingerprint density at radius 1 is 1.16 bits per heavy atom. The summed E-state index contributed by atoms with van der Waals surface area (Å²) in [5.41, 5.74) is 3.11. The van der Waals surface area contributed by atoms with E-state index >= 15 is 0 Å². The molecule has 1 saturated heterocycles. The molecule has 1 aliphatic heterocycles. The molecule has 19 heavy (non-hydrogen) atoms. The van der Waals surface area contributed by atoms with Gasteiger partial charge in [0.2, 0.25) is 0 Å². The van der Waals surface area contributed by atoms with Crippen molar-refractivity contribution in [2.45, 2.75) is 25.2 Å². The second-order valence-corrected chi connectivity index (χ2v) is 5.91. The van der Waals surface area contributed by atoms with E-state index in [0.29, 0.717) is 0 Å². The molecule has 1 heterocycles. The maximum atomic E-state index is 12.1. The molecule has 4 atom stereocenters. The van der Waals surface area contributed by atoms with Crippen LogP contribution in [0.15, 0.2) is 35.9 Å². The molecule has 0 spiro atoms. The number of ether oxygens (including phenoxy) is 1. The number of cyclic esters (lactones) is 2. The summed E-state index contributed by atoms with van der Waals surface area (Å²) in [4.78, 5) is 24.1. The van der Waals surface area contributed by atoms with Crippen LogP contribution in [0.5, 0.6) is 0 Å². The van der Waals surface area contributed by atoms with Crippen molar-refractivity contribution in [3.8, 4) is 0 Å². The number of allylic oxidation sites excluding steroid dienone is 2. The Morgan fingerprint density at radius 3 is 2.68 bits per heavy atom. The van der Waals surface area contributed by atoms with E-state index in [0.717, 1.165) is 0 Å². The average molecular weight is 254 g/mol. The van der Waals surface area contributed by atoms with Crippen LogP contribution in [-0.2, 0) is 19.7 Å². The molecule has 3 aliphatic carbocycles. The molecule has 0 aromatic heterocycles. The normalized spacial score (nSPS) is 38.6. The highest BCUT2D eigenvalue weighted by atomic mass is 16.6. The summed E-state index contributed by atoms with van der Waals surface area (Å²) in [7, 11) is 0. The monoisotopic (exact) mass is 254 g/mol. The van der Waals surface area contributed by atoms with Crippen LogP contribution in [0.25, 0.3) is 0 Å². The van der Waals surface area contributed by atoms with Crippen molar-refractivity contribution >= 4 is 11.9 Å². The number of hydrogen-bond acceptors (Lipinski definition) is 3. The summed E-state index contributed by atoms with van der Waals surface area (Å²) in [5.74, 6) is -1.42. The molecule has 1 aromatic rings. The molecule has 5 rings (SSSR count). The number of rotatable bonds is 0. The van der Waals surface area contributed by atoms with Crippen LogP contribution in [0, 0.1) is 11.8 Å². The Balaban J connectivity index is 2.07. The van der Waals surface area contributed by atoms with Crippen molar-refractivity contribution in [1.29, 1.82) is 0 Å². The smallest absolute Gasteiger partial charge is 0.318 e. The molecular formula is C16H14O3. The third-order valence-electron chi connectivity index (χ3n) is 5.22. The second kappa shape index (κ2) is 3.16. The van der Waals surface area contributed by atoms with Gasteiger partial charge >= 0.3 is 11.9 Å². The highest BCUT2D eigenvalue weighted by Crippen LogP contribution is 2.60. The Kier molecular flexibility index (Phi) is 1.82. The molecule has 1 aromatic carbocycles. The van der Waals surface area contributed by atoms with Crippen molar-refractivity contribution in [3.63, 3.8) is 0 Å². The summed E-state index contributed by atoms with van der Waals surface area (Å²) >= 11 is 0. The number of esters is 2. The summed E-state index contributed by atoms with van der Waals surface area (Å²) in [6, 6.07) is 8.12. The predicted molar refractivity (Wildman–Crippen MR) is 68.4 cm³/mol. The van der Waals surface area contributed by atoms with E-state index in [1.165, 1.54) is 16.7 Å². The van der Waals surface area contributed by atoms with Gasteiger partial charge in [-0.2, -0.15) is 0 Å². The molecule has 3 nitrogen and oxygen atoms in total. The van der Waals surface area contributed by atoms with Crippen LogP contribution in [0.2, 0.25) is 0 Å². The molecule has 0 amide bonds. The number of hydrogen-bond donors (Lipinski definition) is 0. The molecule has 3 heteroatoms. The standard InChI is InChI=1S/C16H14O3/c1-8-7-10-9-5-3-4-6-11(9)16(8,2)13-12(10)14(17)19-15(13)18/h3-7,10,12-13H,1-2H3/t10-,12+,13-,16-/m0/s1. The zero-order valence-electron chi connectivity index (χ0n) is 10.8. The van der Waals surface area contributed by atoms with Gasteiger partial charge < -0.3 is 4.74 Å². The Morgan fingerprint density at radius 2 is 1.89 bits per heavy atom. The molecule has 2 bridgehead atoms. The summed E-state index contributed by atoms with van der Waals surface area (Å²) in [6.07, 6.45) is 2.14. The van der Waals surface area contributed by atoms with E-state index in [1.807, 2.05) is 12.1 Å². The van der Waals surface area contributed by atoms with Gasteiger partial charge in [-0.05, 0) is 18.1 Å². The van der Waals surface area contributed by atoms with Crippen LogP contribution < -0.4 is 0 Å². The van der Waals surface area contributed by atoms with Gasteiger partial charge in [-0.3, -0.25) is 9.59 Å². The fourth-order valence-electron chi connectivity index (χ4n) is 4.18. The molecule has 0 N–H and O–H groups in total. The molecule has 0 saturated carbocycles. The fraction of sp³-hybridized carbons (Fsp3) is 0.375. The van der Waals surface area contributed by atoms with Crippen LogP contribution >= 0.6 is 0 Å². The van der Waals surface area contributed by atoms with Gasteiger partial charge in [-0.15, -0.1) is 0 Å². The zero-order valence-corrected chi connectivity index (χ0v) is 10.8. The largest absolute Gasteiger partial charge is 0.393 e. The lowest BCUT2D eigenvalue weighted by Gasteiger charge is -2.49. The first kappa shape index (κ1) is 11.0. The van der Waals surface area contributed by atoms with Crippen LogP contribution in [0.1, 0.15) is 30.9 Å². The van der Waals surface area contributed by atoms with Crippen molar-refractivity contribution in [2.75, 3.05) is 0 Å². The average Bonchev–Trinajstić information content (AvgIpc) is 2.70. The van der Waals surface area contributed by atoms with Crippen molar-refractivity contribution in [3.05, 3.63) is 47.0 Å². The predicted octanol–water partition coefficient (Wildman–Crippen LogP) is 2.32. The first-order valence-corrected chi connectivity index (χ1v) is 6.59. The highest BCUT2D eigenvalue weighted by Gasteiger charge is 2.63. The van der Waals surface area contributed by atoms with E-state index in [-0.39, 0.29) is 29.7 Å². The Labute approximate surface area is 111 Å². The minimum Gasteiger partial charge on any atom is -0.393 e. The fourth-order valence-corrected chi connectivity index (χ4v) is 4.18. The quantitative estimate of drug-likeness (QED) is 0.405. The molecule has 0 radical (unpaired) electrons. The first-order valence-electron chi connectivity index (χ1n) is 6.59. The van der Waals surface area contributed by atoms with Gasteiger partial charge in [0.1, 0.15) is 0 Å². The van der Waals surface area contributed by atoms with E-state index < -0.39 is 5.41 Å². The maximum absolute atomic E-state index is 12.1. The van der Waals surface area contributed by atoms with Gasteiger partial charge in [0, 0.05) is 11.3 Å². The van der Waals surface area contributed by atoms with Crippen LogP contribution in [-0.4, -0.2) is 11.9 Å². The van der Waals surface area contributed by atoms with E-state index in [9.17, 15) is 9.59 Å². The van der Waals surface area contributed by atoms with E-state index in [2.05, 4.69) is 32.1 Å². The lowest BCUT2D eigenvalue weighted by molar-refractivity contribution is -0.154. The van der Waals surface area contributed by atoms with E-state index in [4.69, 9.17) is 4.74 Å². The number of benzene rings is 1. The summed E-state index contributed by atoms with van der Waals surface area (Å²) in [6.45, 7) is 4.11. The Hall–Kier alpha value is -1.90. The SMILES string of the molecule is CC1=C[C@H]2c3ccccc3[C@@]1(C)[C@@H]1C(=O)OC(=O)[C@@H]12.